The number of fused-ring (bicyclic) bond motifs is 2. The molecule has 5 aromatic rings. The number of pyridine rings is 2. The number of aromatic nitrogens is 4. The summed E-state index contributed by atoms with van der Waals surface area (Å²) < 4.78 is 1.87. The molecule has 0 saturated heterocycles. The molecule has 6 rings (SSSR count). The number of carboxylic acids is 1. The first-order chi connectivity index (χ1) is 18.1. The molecule has 7 nitrogen and oxygen atoms in total. The normalized spacial score (nSPS) is 14.7. The van der Waals surface area contributed by atoms with Crippen molar-refractivity contribution in [1.29, 1.82) is 0 Å². The molecule has 2 aromatic carbocycles. The molecule has 0 unspecified atom stereocenters. The van der Waals surface area contributed by atoms with E-state index in [1.54, 1.807) is 12.4 Å². The minimum absolute atomic E-state index is 0.331. The number of nitrogens with zero attached hydrogens (tertiary/aromatic N) is 5. The molecule has 0 saturated carbocycles. The molecule has 1 N–H and O–H groups in total. The van der Waals surface area contributed by atoms with Crippen molar-refractivity contribution in [2.45, 2.75) is 13.5 Å². The van der Waals surface area contributed by atoms with Crippen molar-refractivity contribution in [3.8, 4) is 16.9 Å². The monoisotopic (exact) mass is 487 g/mol. The van der Waals surface area contributed by atoms with Crippen molar-refractivity contribution < 1.29 is 9.90 Å². The molecule has 0 aliphatic carbocycles. The molecule has 4 heterocycles. The fourth-order valence-corrected chi connectivity index (χ4v) is 4.97. The Hall–Kier alpha value is -4.62. The third-order valence-electron chi connectivity index (χ3n) is 6.76. The van der Waals surface area contributed by atoms with Gasteiger partial charge in [-0.3, -0.25) is 9.88 Å². The highest BCUT2D eigenvalue weighted by molar-refractivity contribution is 6.06. The van der Waals surface area contributed by atoms with Gasteiger partial charge in [-0.1, -0.05) is 43.3 Å². The number of para-hydroxylation sites is 2. The summed E-state index contributed by atoms with van der Waals surface area (Å²) in [5.41, 5.74) is 7.06. The van der Waals surface area contributed by atoms with Gasteiger partial charge in [-0.2, -0.15) is 5.10 Å². The van der Waals surface area contributed by atoms with Gasteiger partial charge < -0.3 is 5.11 Å². The van der Waals surface area contributed by atoms with Crippen LogP contribution in [0.15, 0.2) is 85.3 Å². The van der Waals surface area contributed by atoms with Gasteiger partial charge in [0.05, 0.1) is 22.5 Å². The predicted molar refractivity (Wildman–Crippen MR) is 144 cm³/mol. The Morgan fingerprint density at radius 2 is 1.81 bits per heavy atom. The van der Waals surface area contributed by atoms with Crippen molar-refractivity contribution in [1.82, 2.24) is 24.6 Å². The summed E-state index contributed by atoms with van der Waals surface area (Å²) in [5, 5.41) is 15.8. The molecule has 0 spiro atoms. The van der Waals surface area contributed by atoms with Gasteiger partial charge >= 0.3 is 5.97 Å². The fourth-order valence-electron chi connectivity index (χ4n) is 4.97. The largest absolute Gasteiger partial charge is 0.478 e. The van der Waals surface area contributed by atoms with Crippen LogP contribution < -0.4 is 0 Å². The summed E-state index contributed by atoms with van der Waals surface area (Å²) in [6.45, 7) is 4.09. The lowest BCUT2D eigenvalue weighted by molar-refractivity contribution is 0.0696. The molecule has 0 radical (unpaired) electrons. The van der Waals surface area contributed by atoms with Crippen molar-refractivity contribution in [3.05, 3.63) is 108 Å². The van der Waals surface area contributed by atoms with Gasteiger partial charge in [0.15, 0.2) is 0 Å². The molecule has 1 aliphatic rings. The maximum absolute atomic E-state index is 12.5. The molecule has 0 atom stereocenters. The zero-order valence-corrected chi connectivity index (χ0v) is 20.4. The zero-order valence-electron chi connectivity index (χ0n) is 20.4. The summed E-state index contributed by atoms with van der Waals surface area (Å²) in [7, 11) is 0. The molecule has 7 heteroatoms. The smallest absolute Gasteiger partial charge is 0.336 e. The number of aromatic carboxylic acids is 1. The molecule has 3 aromatic heterocycles. The number of rotatable bonds is 5. The highest BCUT2D eigenvalue weighted by atomic mass is 16.4. The van der Waals surface area contributed by atoms with Crippen LogP contribution in [0.3, 0.4) is 0 Å². The lowest BCUT2D eigenvalue weighted by Gasteiger charge is -2.30. The quantitative estimate of drug-likeness (QED) is 0.350. The number of hydrogen-bond acceptors (Lipinski definition) is 5. The van der Waals surface area contributed by atoms with E-state index >= 15 is 0 Å². The predicted octanol–water partition coefficient (Wildman–Crippen LogP) is 5.56. The number of carboxylic acid groups (broad SMARTS) is 1. The topological polar surface area (TPSA) is 84.1 Å². The lowest BCUT2D eigenvalue weighted by atomic mass is 9.92. The van der Waals surface area contributed by atoms with E-state index in [-0.39, 0.29) is 0 Å². The van der Waals surface area contributed by atoms with Crippen LogP contribution >= 0.6 is 0 Å². The summed E-state index contributed by atoms with van der Waals surface area (Å²) >= 11 is 0. The molecule has 182 valence electrons. The zero-order chi connectivity index (χ0) is 25.4. The lowest BCUT2D eigenvalue weighted by Crippen LogP contribution is -2.31. The van der Waals surface area contributed by atoms with Crippen molar-refractivity contribution in [3.63, 3.8) is 0 Å². The van der Waals surface area contributed by atoms with Crippen LogP contribution in [0.1, 0.15) is 34.1 Å². The second kappa shape index (κ2) is 9.44. The van der Waals surface area contributed by atoms with Gasteiger partial charge in [0.2, 0.25) is 0 Å². The SMILES string of the molecule is CCN1C/C(=C/c2cn(-c3ccccc3)nc2-c2cccnc2)c2nc3ccccc3c(C(=O)O)c2C1. The average Bonchev–Trinajstić information content (AvgIpc) is 3.36. The van der Waals surface area contributed by atoms with Crippen LogP contribution in [0.5, 0.6) is 0 Å². The van der Waals surface area contributed by atoms with Crippen LogP contribution in [-0.2, 0) is 6.54 Å². The summed E-state index contributed by atoms with van der Waals surface area (Å²) in [4.78, 5) is 24.0. The fraction of sp³-hybridized carbons (Fsp3) is 0.133. The Labute approximate surface area is 214 Å². The third-order valence-corrected chi connectivity index (χ3v) is 6.76. The van der Waals surface area contributed by atoms with E-state index in [1.165, 1.54) is 0 Å². The molecule has 0 fully saturated rings. The van der Waals surface area contributed by atoms with Gasteiger partial charge in [-0.25, -0.2) is 14.5 Å². The number of likely N-dealkylation sites (N-methyl/N-ethyl adjacent to an activating group) is 1. The van der Waals surface area contributed by atoms with Gasteiger partial charge in [0, 0.05) is 53.8 Å². The van der Waals surface area contributed by atoms with Crippen LogP contribution in [0.4, 0.5) is 0 Å². The molecular weight excluding hydrogens is 462 g/mol. The van der Waals surface area contributed by atoms with Gasteiger partial charge in [-0.15, -0.1) is 0 Å². The van der Waals surface area contributed by atoms with E-state index in [2.05, 4.69) is 22.9 Å². The molecular formula is C30H25N5O2. The Morgan fingerprint density at radius 3 is 2.57 bits per heavy atom. The molecule has 1 aliphatic heterocycles. The van der Waals surface area contributed by atoms with Gasteiger partial charge in [-0.05, 0) is 48.5 Å². The van der Waals surface area contributed by atoms with E-state index in [9.17, 15) is 9.90 Å². The Morgan fingerprint density at radius 1 is 1.00 bits per heavy atom. The summed E-state index contributed by atoms with van der Waals surface area (Å²) in [5.74, 6) is -0.930. The first kappa shape index (κ1) is 22.8. The maximum Gasteiger partial charge on any atom is 0.336 e. The van der Waals surface area contributed by atoms with Crippen LogP contribution in [0, 0.1) is 0 Å². The summed E-state index contributed by atoms with van der Waals surface area (Å²) in [6, 6.07) is 21.3. The first-order valence-corrected chi connectivity index (χ1v) is 12.3. The molecule has 0 bridgehead atoms. The van der Waals surface area contributed by atoms with Crippen molar-refractivity contribution in [2.24, 2.45) is 0 Å². The maximum atomic E-state index is 12.5. The van der Waals surface area contributed by atoms with Crippen LogP contribution in [-0.4, -0.2) is 48.8 Å². The van der Waals surface area contributed by atoms with Crippen molar-refractivity contribution >= 4 is 28.5 Å². The van der Waals surface area contributed by atoms with E-state index in [0.717, 1.165) is 45.9 Å². The second-order valence-corrected chi connectivity index (χ2v) is 9.06. The van der Waals surface area contributed by atoms with E-state index in [1.807, 2.05) is 77.6 Å². The molecule has 37 heavy (non-hydrogen) atoms. The minimum atomic E-state index is -0.930. The van der Waals surface area contributed by atoms with Gasteiger partial charge in [0.1, 0.15) is 5.69 Å². The Kier molecular flexibility index (Phi) is 5.82. The Bertz CT molecular complexity index is 1640. The average molecular weight is 488 g/mol. The highest BCUT2D eigenvalue weighted by Gasteiger charge is 2.28. The van der Waals surface area contributed by atoms with Crippen LogP contribution in [0.2, 0.25) is 0 Å². The Balaban J connectivity index is 1.59. The minimum Gasteiger partial charge on any atom is -0.478 e. The number of carbonyl (C=O) groups is 1. The molecule has 0 amide bonds. The van der Waals surface area contributed by atoms with E-state index in [0.29, 0.717) is 29.6 Å². The van der Waals surface area contributed by atoms with Crippen LogP contribution in [0.25, 0.3) is 39.5 Å². The standard InChI is InChI=1S/C30H25N5O2/c1-2-34-17-21(29-25(19-34)27(30(36)37)24-12-6-7-13-26(24)32-29)15-22-18-35(23-10-4-3-5-11-23)33-28(22)20-9-8-14-31-16-20/h3-16,18H,2,17,19H2,1H3,(H,36,37)/b21-15-. The van der Waals surface area contributed by atoms with E-state index < -0.39 is 5.97 Å². The van der Waals surface area contributed by atoms with Crippen molar-refractivity contribution in [2.75, 3.05) is 13.1 Å². The second-order valence-electron chi connectivity index (χ2n) is 9.06. The van der Waals surface area contributed by atoms with Gasteiger partial charge in [0.25, 0.3) is 0 Å². The number of benzene rings is 2. The highest BCUT2D eigenvalue weighted by Crippen LogP contribution is 2.35. The first-order valence-electron chi connectivity index (χ1n) is 12.3. The third kappa shape index (κ3) is 4.19. The van der Waals surface area contributed by atoms with E-state index in [4.69, 9.17) is 10.1 Å². The number of hydrogen-bond donors (Lipinski definition) is 1. The summed E-state index contributed by atoms with van der Waals surface area (Å²) in [6.07, 6.45) is 7.66.